The summed E-state index contributed by atoms with van der Waals surface area (Å²) in [6, 6.07) is 12.6. The lowest BCUT2D eigenvalue weighted by Crippen LogP contribution is -2.30. The van der Waals surface area contributed by atoms with Gasteiger partial charge in [-0.3, -0.25) is 4.79 Å². The lowest BCUT2D eigenvalue weighted by atomic mass is 10.2. The van der Waals surface area contributed by atoms with E-state index >= 15 is 0 Å². The molecule has 0 radical (unpaired) electrons. The van der Waals surface area contributed by atoms with E-state index in [0.29, 0.717) is 23.2 Å². The summed E-state index contributed by atoms with van der Waals surface area (Å²) in [5.74, 6) is -0.132. The maximum Gasteiger partial charge on any atom is 0.338 e. The molecule has 1 amide bonds. The molecule has 2 rings (SSSR count). The van der Waals surface area contributed by atoms with Crippen LogP contribution in [-0.4, -0.2) is 45.3 Å². The number of hydrogen-bond acceptors (Lipinski definition) is 6. The van der Waals surface area contributed by atoms with Gasteiger partial charge in [-0.2, -0.15) is 0 Å². The van der Waals surface area contributed by atoms with Crippen molar-refractivity contribution in [2.45, 2.75) is 26.8 Å². The molecule has 0 unspecified atom stereocenters. The summed E-state index contributed by atoms with van der Waals surface area (Å²) in [6.45, 7) is 6.86. The van der Waals surface area contributed by atoms with Crippen LogP contribution in [0.4, 0.5) is 11.4 Å². The molecule has 0 heterocycles. The van der Waals surface area contributed by atoms with Crippen LogP contribution in [0.25, 0.3) is 0 Å². The van der Waals surface area contributed by atoms with Gasteiger partial charge in [-0.1, -0.05) is 0 Å². The van der Waals surface area contributed by atoms with Crippen LogP contribution in [0.15, 0.2) is 42.5 Å². The van der Waals surface area contributed by atoms with E-state index in [1.54, 1.807) is 6.07 Å². The Balaban J connectivity index is 1.93. The number of benzene rings is 2. The molecule has 0 fully saturated rings. The monoisotopic (exact) mass is 400 g/mol. The minimum absolute atomic E-state index is 0.242. The van der Waals surface area contributed by atoms with E-state index in [1.165, 1.54) is 26.4 Å². The molecule has 0 aliphatic rings. The number of amides is 1. The highest BCUT2D eigenvalue weighted by atomic mass is 16.5. The molecule has 29 heavy (non-hydrogen) atoms. The molecule has 1 N–H and O–H groups in total. The van der Waals surface area contributed by atoms with Crippen molar-refractivity contribution in [3.63, 3.8) is 0 Å². The van der Waals surface area contributed by atoms with E-state index in [4.69, 9.17) is 14.2 Å². The van der Waals surface area contributed by atoms with Crippen molar-refractivity contribution >= 4 is 23.3 Å². The first-order valence-electron chi connectivity index (χ1n) is 9.44. The zero-order valence-corrected chi connectivity index (χ0v) is 17.5. The first kappa shape index (κ1) is 22.1. The molecule has 7 nitrogen and oxygen atoms in total. The van der Waals surface area contributed by atoms with Gasteiger partial charge >= 0.3 is 5.97 Å². The molecule has 0 aliphatic heterocycles. The van der Waals surface area contributed by atoms with Crippen molar-refractivity contribution in [3.05, 3.63) is 48.0 Å². The molecule has 0 spiro atoms. The minimum Gasteiger partial charge on any atom is -0.497 e. The van der Waals surface area contributed by atoms with Crippen LogP contribution in [-0.2, 0) is 9.53 Å². The van der Waals surface area contributed by atoms with E-state index in [1.807, 2.05) is 24.3 Å². The van der Waals surface area contributed by atoms with Gasteiger partial charge in [0.15, 0.2) is 6.61 Å². The number of nitrogens with zero attached hydrogens (tertiary/aromatic N) is 1. The third-order valence-electron chi connectivity index (χ3n) is 4.37. The van der Waals surface area contributed by atoms with Gasteiger partial charge in [0.2, 0.25) is 0 Å². The summed E-state index contributed by atoms with van der Waals surface area (Å²) in [5, 5.41) is 2.72. The standard InChI is InChI=1S/C22H28N2O5/c1-6-24(15(2)3)18-9-7-17(8-10-18)23-21(25)14-29-22(26)16-11-19(27-4)13-20(12-16)28-5/h7-13,15H,6,14H2,1-5H3,(H,23,25). The Morgan fingerprint density at radius 2 is 1.59 bits per heavy atom. The first-order valence-corrected chi connectivity index (χ1v) is 9.44. The predicted molar refractivity (Wildman–Crippen MR) is 113 cm³/mol. The fourth-order valence-corrected chi connectivity index (χ4v) is 2.92. The number of esters is 1. The second kappa shape index (κ2) is 10.4. The fraction of sp³-hybridized carbons (Fsp3) is 0.364. The summed E-state index contributed by atoms with van der Waals surface area (Å²) < 4.78 is 15.4. The van der Waals surface area contributed by atoms with Crippen molar-refractivity contribution in [1.82, 2.24) is 0 Å². The molecular formula is C22H28N2O5. The summed E-state index contributed by atoms with van der Waals surface area (Å²) >= 11 is 0. The Hall–Kier alpha value is -3.22. The van der Waals surface area contributed by atoms with Gasteiger partial charge in [0.1, 0.15) is 11.5 Å². The van der Waals surface area contributed by atoms with E-state index in [0.717, 1.165) is 12.2 Å². The maximum absolute atomic E-state index is 12.2. The van der Waals surface area contributed by atoms with Crippen LogP contribution >= 0.6 is 0 Å². The number of carbonyl (C=O) groups is 2. The zero-order valence-electron chi connectivity index (χ0n) is 17.5. The van der Waals surface area contributed by atoms with E-state index in [-0.39, 0.29) is 5.56 Å². The first-order chi connectivity index (χ1) is 13.9. The minimum atomic E-state index is -0.636. The highest BCUT2D eigenvalue weighted by molar-refractivity contribution is 5.96. The average Bonchev–Trinajstić information content (AvgIpc) is 2.73. The summed E-state index contributed by atoms with van der Waals surface area (Å²) in [7, 11) is 2.98. The molecule has 0 saturated carbocycles. The third kappa shape index (κ3) is 6.14. The van der Waals surface area contributed by atoms with Gasteiger partial charge in [0.05, 0.1) is 19.8 Å². The van der Waals surface area contributed by atoms with Crippen molar-refractivity contribution in [1.29, 1.82) is 0 Å². The van der Waals surface area contributed by atoms with Gasteiger partial charge in [0.25, 0.3) is 5.91 Å². The maximum atomic E-state index is 12.2. The van der Waals surface area contributed by atoms with E-state index in [2.05, 4.69) is 31.0 Å². The van der Waals surface area contributed by atoms with Crippen molar-refractivity contribution in [2.75, 3.05) is 37.6 Å². The second-order valence-corrected chi connectivity index (χ2v) is 6.65. The van der Waals surface area contributed by atoms with Crippen molar-refractivity contribution < 1.29 is 23.8 Å². The van der Waals surface area contributed by atoms with Crippen LogP contribution < -0.4 is 19.7 Å². The predicted octanol–water partition coefficient (Wildman–Crippen LogP) is 3.73. The van der Waals surface area contributed by atoms with Crippen LogP contribution in [0.3, 0.4) is 0 Å². The third-order valence-corrected chi connectivity index (χ3v) is 4.37. The lowest BCUT2D eigenvalue weighted by molar-refractivity contribution is -0.119. The van der Waals surface area contributed by atoms with Gasteiger partial charge in [-0.05, 0) is 57.2 Å². The highest BCUT2D eigenvalue weighted by Gasteiger charge is 2.14. The molecule has 2 aromatic carbocycles. The summed E-state index contributed by atoms with van der Waals surface area (Å²) in [5.41, 5.74) is 1.96. The lowest BCUT2D eigenvalue weighted by Gasteiger charge is -2.27. The molecule has 0 aliphatic carbocycles. The molecule has 0 bridgehead atoms. The second-order valence-electron chi connectivity index (χ2n) is 6.65. The SMILES string of the molecule is CCN(c1ccc(NC(=O)COC(=O)c2cc(OC)cc(OC)c2)cc1)C(C)C. The number of anilines is 2. The summed E-state index contributed by atoms with van der Waals surface area (Å²) in [6.07, 6.45) is 0. The number of hydrogen-bond donors (Lipinski definition) is 1. The highest BCUT2D eigenvalue weighted by Crippen LogP contribution is 2.23. The molecule has 0 saturated heterocycles. The number of nitrogens with one attached hydrogen (secondary N) is 1. The van der Waals surface area contributed by atoms with Crippen molar-refractivity contribution in [2.24, 2.45) is 0 Å². The molecule has 0 atom stereocenters. The molecule has 2 aromatic rings. The number of ether oxygens (including phenoxy) is 3. The van der Waals surface area contributed by atoms with Gasteiger partial charge < -0.3 is 24.4 Å². The molecule has 156 valence electrons. The van der Waals surface area contributed by atoms with E-state index < -0.39 is 18.5 Å². The Bertz CT molecular complexity index is 811. The number of carbonyl (C=O) groups excluding carboxylic acids is 2. The van der Waals surface area contributed by atoms with Crippen LogP contribution in [0.1, 0.15) is 31.1 Å². The molecule has 0 aromatic heterocycles. The largest absolute Gasteiger partial charge is 0.497 e. The number of rotatable bonds is 9. The number of methoxy groups -OCH3 is 2. The Morgan fingerprint density at radius 1 is 1.00 bits per heavy atom. The topological polar surface area (TPSA) is 77.1 Å². The molecule has 7 heteroatoms. The zero-order chi connectivity index (χ0) is 21.4. The quantitative estimate of drug-likeness (QED) is 0.646. The normalized spacial score (nSPS) is 10.4. The fourth-order valence-electron chi connectivity index (χ4n) is 2.92. The van der Waals surface area contributed by atoms with E-state index in [9.17, 15) is 9.59 Å². The Labute approximate surface area is 171 Å². The molecular weight excluding hydrogens is 372 g/mol. The smallest absolute Gasteiger partial charge is 0.338 e. The Morgan fingerprint density at radius 3 is 2.07 bits per heavy atom. The van der Waals surface area contributed by atoms with Crippen LogP contribution in [0.5, 0.6) is 11.5 Å². The summed E-state index contributed by atoms with van der Waals surface area (Å²) in [4.78, 5) is 26.6. The average molecular weight is 400 g/mol. The van der Waals surface area contributed by atoms with Gasteiger partial charge in [0, 0.05) is 30.0 Å². The van der Waals surface area contributed by atoms with Crippen LogP contribution in [0, 0.1) is 0 Å². The Kier molecular flexibility index (Phi) is 7.88. The van der Waals surface area contributed by atoms with Gasteiger partial charge in [-0.15, -0.1) is 0 Å². The van der Waals surface area contributed by atoms with Gasteiger partial charge in [-0.25, -0.2) is 4.79 Å². The van der Waals surface area contributed by atoms with Crippen LogP contribution in [0.2, 0.25) is 0 Å². The van der Waals surface area contributed by atoms with Crippen molar-refractivity contribution in [3.8, 4) is 11.5 Å².